The predicted molar refractivity (Wildman–Crippen MR) is 347 cm³/mol. The van der Waals surface area contributed by atoms with Crippen LogP contribution in [-0.2, 0) is 33.9 Å². The van der Waals surface area contributed by atoms with Gasteiger partial charge in [0.25, 0.3) is 0 Å². The first-order valence-corrected chi connectivity index (χ1v) is 30.2. The largest absolute Gasteiger partial charge is 0.212 e. The van der Waals surface area contributed by atoms with E-state index in [4.69, 9.17) is 4.11 Å². The molecule has 0 aliphatic carbocycles. The summed E-state index contributed by atoms with van der Waals surface area (Å²) in [6.07, 6.45) is 19.1. The molecule has 3 nitrogen and oxygen atoms in total. The molecule has 1 atom stereocenters. The second-order valence-electron chi connectivity index (χ2n) is 23.7. The Balaban J connectivity index is 0.000000181. The van der Waals surface area contributed by atoms with Crippen LogP contribution in [0.4, 0.5) is 0 Å². The highest BCUT2D eigenvalue weighted by molar-refractivity contribution is 5.69. The third-order valence-electron chi connectivity index (χ3n) is 15.6. The van der Waals surface area contributed by atoms with E-state index in [2.05, 4.69) is 267 Å². The zero-order chi connectivity index (χ0) is 60.4. The first kappa shape index (κ1) is 57.0. The number of benzene rings is 6. The van der Waals surface area contributed by atoms with Crippen LogP contribution < -0.4 is 13.7 Å². The van der Waals surface area contributed by atoms with Gasteiger partial charge < -0.3 is 0 Å². The number of hydrogen-bond donors (Lipinski definition) is 0. The summed E-state index contributed by atoms with van der Waals surface area (Å²) in [4.78, 5) is 0. The fourth-order valence-electron chi connectivity index (χ4n) is 11.0. The topological polar surface area (TPSA) is 11.6 Å². The SMILES string of the molecule is CCCCCCCc1ccc(-c2ccc(-c3ccccc3C)[n+](C)c2)cc1.[2H]C(C)(CC(C)(C)C)c1ccc(-c2ccc(-c3ccccc3C)[n+](C)c2)cc1.[2H]C([2H])(CCCCCC)c1ccc(-c2ccc(-c3ccccc3C)[n+](C)c2)cc1. The van der Waals surface area contributed by atoms with Gasteiger partial charge in [-0.15, -0.1) is 0 Å². The Morgan fingerprint density at radius 2 is 0.728 bits per heavy atom. The molecule has 420 valence electrons. The minimum atomic E-state index is -1.26. The minimum Gasteiger partial charge on any atom is -0.200 e. The third-order valence-corrected chi connectivity index (χ3v) is 15.6. The zero-order valence-electron chi connectivity index (χ0n) is 54.4. The monoisotopic (exact) mass is 1080 g/mol. The Hall–Kier alpha value is -7.23. The molecule has 0 bridgehead atoms. The van der Waals surface area contributed by atoms with Crippen LogP contribution in [0.25, 0.3) is 67.2 Å². The number of pyridine rings is 3. The van der Waals surface area contributed by atoms with Crippen molar-refractivity contribution in [1.29, 1.82) is 0 Å². The molecule has 6 aromatic carbocycles. The van der Waals surface area contributed by atoms with E-state index in [1.807, 2.05) is 31.2 Å². The molecular weight excluding hydrogens is 979 g/mol. The Labute approximate surface area is 494 Å². The lowest BCUT2D eigenvalue weighted by Gasteiger charge is -2.23. The standard InChI is InChI=1S/3C26H32N/c1-19-9-7-8-10-24(19)25-16-15-23(18-27(25)6)22-13-11-21(12-14-22)20(2)17-26(3,4)5;2*1-4-5-6-7-8-12-22-14-16-23(17-15-22)24-18-19-26(27(3)20-24)25-13-10-9-11-21(25)2/h7-16,18,20H,17H2,1-6H3;2*9-11,13-20H,4-8,12H2,1-3H3/q3*+1/i20D;12D2;. The molecule has 0 aliphatic rings. The van der Waals surface area contributed by atoms with E-state index in [0.717, 1.165) is 41.5 Å². The van der Waals surface area contributed by atoms with Gasteiger partial charge in [-0.2, -0.15) is 0 Å². The minimum absolute atomic E-state index is 0.133. The molecule has 0 N–H and O–H groups in total. The van der Waals surface area contributed by atoms with E-state index in [9.17, 15) is 0 Å². The van der Waals surface area contributed by atoms with Crippen LogP contribution in [0.1, 0.15) is 156 Å². The van der Waals surface area contributed by atoms with Crippen LogP contribution in [0, 0.1) is 26.2 Å². The summed E-state index contributed by atoms with van der Waals surface area (Å²) >= 11 is 0. The van der Waals surface area contributed by atoms with E-state index < -0.39 is 12.3 Å². The summed E-state index contributed by atoms with van der Waals surface area (Å²) in [6.45, 7) is 19.5. The molecule has 9 rings (SSSR count). The second kappa shape index (κ2) is 30.5. The molecule has 81 heavy (non-hydrogen) atoms. The van der Waals surface area contributed by atoms with Crippen molar-refractivity contribution in [3.63, 3.8) is 0 Å². The fourth-order valence-corrected chi connectivity index (χ4v) is 11.0. The zero-order valence-corrected chi connectivity index (χ0v) is 51.4. The number of unbranched alkanes of at least 4 members (excludes halogenated alkanes) is 7. The van der Waals surface area contributed by atoms with E-state index in [0.29, 0.717) is 6.42 Å². The number of aryl methyl sites for hydroxylation is 8. The maximum Gasteiger partial charge on any atom is 0.212 e. The van der Waals surface area contributed by atoms with Crippen LogP contribution >= 0.6 is 0 Å². The van der Waals surface area contributed by atoms with Crippen molar-refractivity contribution in [2.75, 3.05) is 0 Å². The summed E-state index contributed by atoms with van der Waals surface area (Å²) in [5.41, 5.74) is 21.9. The average Bonchev–Trinajstić information content (AvgIpc) is 3.68. The molecule has 0 aliphatic heterocycles. The molecule has 3 aromatic heterocycles. The lowest BCUT2D eigenvalue weighted by molar-refractivity contribution is -0.660. The van der Waals surface area contributed by atoms with Crippen molar-refractivity contribution in [3.05, 3.63) is 234 Å². The Morgan fingerprint density at radius 1 is 0.395 bits per heavy atom. The Morgan fingerprint density at radius 3 is 1.09 bits per heavy atom. The Kier molecular flexibility index (Phi) is 21.5. The molecule has 9 aromatic rings. The molecule has 0 fully saturated rings. The maximum atomic E-state index is 8.77. The molecule has 0 amide bonds. The van der Waals surface area contributed by atoms with Gasteiger partial charge in [0.1, 0.15) is 21.1 Å². The number of rotatable bonds is 20. The van der Waals surface area contributed by atoms with Crippen molar-refractivity contribution < 1.29 is 17.8 Å². The van der Waals surface area contributed by atoms with Crippen LogP contribution in [0.5, 0.6) is 0 Å². The highest BCUT2D eigenvalue weighted by atomic mass is 14.9. The molecule has 0 saturated carbocycles. The average molecular weight is 1080 g/mol. The van der Waals surface area contributed by atoms with Crippen molar-refractivity contribution in [2.45, 2.75) is 152 Å². The summed E-state index contributed by atoms with van der Waals surface area (Å²) in [6, 6.07) is 64.3. The molecule has 1 unspecified atom stereocenters. The van der Waals surface area contributed by atoms with E-state index in [1.165, 1.54) is 130 Å². The lowest BCUT2D eigenvalue weighted by atomic mass is 9.82. The summed E-state index contributed by atoms with van der Waals surface area (Å²) in [5, 5.41) is 0. The smallest absolute Gasteiger partial charge is 0.200 e. The van der Waals surface area contributed by atoms with E-state index in [1.54, 1.807) is 0 Å². The van der Waals surface area contributed by atoms with Crippen LogP contribution in [-0.4, -0.2) is 0 Å². The van der Waals surface area contributed by atoms with Crippen molar-refractivity contribution >= 4 is 0 Å². The highest BCUT2D eigenvalue weighted by Crippen LogP contribution is 2.33. The third kappa shape index (κ3) is 18.1. The van der Waals surface area contributed by atoms with Crippen molar-refractivity contribution in [2.24, 2.45) is 26.6 Å². The highest BCUT2D eigenvalue weighted by Gasteiger charge is 2.19. The van der Waals surface area contributed by atoms with Gasteiger partial charge in [0.05, 0.1) is 0 Å². The lowest BCUT2D eigenvalue weighted by Crippen LogP contribution is -2.30. The molecule has 0 saturated heterocycles. The van der Waals surface area contributed by atoms with Crippen molar-refractivity contribution in [1.82, 2.24) is 0 Å². The summed E-state index contributed by atoms with van der Waals surface area (Å²) in [5.74, 6) is -0.573. The molecule has 3 heterocycles. The maximum absolute atomic E-state index is 8.77. The van der Waals surface area contributed by atoms with Gasteiger partial charge in [-0.05, 0) is 151 Å². The molecule has 0 spiro atoms. The van der Waals surface area contributed by atoms with Gasteiger partial charge in [-0.1, -0.05) is 220 Å². The van der Waals surface area contributed by atoms with Gasteiger partial charge in [-0.3, -0.25) is 0 Å². The number of hydrogen-bond acceptors (Lipinski definition) is 0. The van der Waals surface area contributed by atoms with Crippen molar-refractivity contribution in [3.8, 4) is 67.2 Å². The molecular formula is C78H96N3+3. The van der Waals surface area contributed by atoms with E-state index >= 15 is 0 Å². The van der Waals surface area contributed by atoms with Gasteiger partial charge in [-0.25, -0.2) is 13.7 Å². The number of nitrogens with zero attached hydrogens (tertiary/aromatic N) is 3. The quantitative estimate of drug-likeness (QED) is 0.0532. The fraction of sp³-hybridized carbons (Fsp3) is 0.346. The van der Waals surface area contributed by atoms with Gasteiger partial charge in [0, 0.05) is 55.7 Å². The summed E-state index contributed by atoms with van der Waals surface area (Å²) in [7, 11) is 6.31. The summed E-state index contributed by atoms with van der Waals surface area (Å²) < 4.78 is 32.2. The predicted octanol–water partition coefficient (Wildman–Crippen LogP) is 20.0. The first-order valence-electron chi connectivity index (χ1n) is 31.7. The van der Waals surface area contributed by atoms with Gasteiger partial charge >= 0.3 is 0 Å². The van der Waals surface area contributed by atoms with Crippen LogP contribution in [0.15, 0.2) is 201 Å². The number of aromatic nitrogens is 3. The van der Waals surface area contributed by atoms with E-state index in [-0.39, 0.29) is 5.41 Å². The Bertz CT molecular complexity index is 3510. The first-order chi connectivity index (χ1) is 40.2. The van der Waals surface area contributed by atoms with Crippen LogP contribution in [0.2, 0.25) is 0 Å². The van der Waals surface area contributed by atoms with Crippen LogP contribution in [0.3, 0.4) is 0 Å². The second-order valence-corrected chi connectivity index (χ2v) is 23.7. The molecule has 3 heteroatoms. The van der Waals surface area contributed by atoms with Gasteiger partial charge in [0.15, 0.2) is 18.6 Å². The normalized spacial score (nSPS) is 12.7. The van der Waals surface area contributed by atoms with Gasteiger partial charge in [0.2, 0.25) is 17.1 Å². The molecule has 0 radical (unpaired) electrons.